The summed E-state index contributed by atoms with van der Waals surface area (Å²) in [6, 6.07) is 6.94. The fourth-order valence-electron chi connectivity index (χ4n) is 2.49. The molecule has 0 radical (unpaired) electrons. The molecular formula is C20H26N2O3. The number of carbonyl (C=O) groups is 1. The van der Waals surface area contributed by atoms with Crippen molar-refractivity contribution in [3.8, 4) is 5.75 Å². The molecule has 0 atom stereocenters. The molecule has 2 N–H and O–H groups in total. The van der Waals surface area contributed by atoms with Gasteiger partial charge in [-0.25, -0.2) is 5.43 Å². The lowest BCUT2D eigenvalue weighted by atomic mass is 9.78. The van der Waals surface area contributed by atoms with Gasteiger partial charge in [0.05, 0.1) is 12.5 Å². The van der Waals surface area contributed by atoms with E-state index in [0.29, 0.717) is 11.3 Å². The number of nitrogens with one attached hydrogen (secondary N) is 1. The van der Waals surface area contributed by atoms with E-state index in [-0.39, 0.29) is 22.5 Å². The summed E-state index contributed by atoms with van der Waals surface area (Å²) in [5, 5.41) is 14.6. The van der Waals surface area contributed by atoms with Crippen LogP contribution in [0.25, 0.3) is 0 Å². The van der Waals surface area contributed by atoms with E-state index < -0.39 is 0 Å². The number of hydrazone groups is 1. The number of aromatic hydroxyl groups is 1. The summed E-state index contributed by atoms with van der Waals surface area (Å²) in [5.74, 6) is 0.464. The van der Waals surface area contributed by atoms with E-state index in [2.05, 4.69) is 10.5 Å². The second kappa shape index (κ2) is 6.75. The summed E-state index contributed by atoms with van der Waals surface area (Å²) < 4.78 is 5.13. The second-order valence-electron chi connectivity index (χ2n) is 8.13. The minimum atomic E-state index is -0.334. The predicted octanol–water partition coefficient (Wildman–Crippen LogP) is 4.34. The highest BCUT2D eigenvalue weighted by Gasteiger charge is 2.27. The number of hydrogen-bond donors (Lipinski definition) is 2. The quantitative estimate of drug-likeness (QED) is 0.643. The predicted molar refractivity (Wildman–Crippen MR) is 99.3 cm³/mol. The van der Waals surface area contributed by atoms with Crippen LogP contribution < -0.4 is 5.43 Å². The number of furan rings is 1. The fourth-order valence-corrected chi connectivity index (χ4v) is 2.49. The lowest BCUT2D eigenvalue weighted by molar-refractivity contribution is 0.0955. The third-order valence-electron chi connectivity index (χ3n) is 3.89. The minimum absolute atomic E-state index is 0.246. The van der Waals surface area contributed by atoms with Crippen molar-refractivity contribution in [3.63, 3.8) is 0 Å². The van der Waals surface area contributed by atoms with Gasteiger partial charge in [0.25, 0.3) is 5.91 Å². The van der Waals surface area contributed by atoms with E-state index in [9.17, 15) is 9.90 Å². The second-order valence-corrected chi connectivity index (χ2v) is 8.13. The summed E-state index contributed by atoms with van der Waals surface area (Å²) in [6.45, 7) is 12.0. The van der Waals surface area contributed by atoms with Gasteiger partial charge in [-0.15, -0.1) is 0 Å². The van der Waals surface area contributed by atoms with E-state index in [1.807, 2.05) is 41.5 Å². The van der Waals surface area contributed by atoms with Gasteiger partial charge >= 0.3 is 0 Å². The van der Waals surface area contributed by atoms with E-state index in [1.165, 1.54) is 12.5 Å². The summed E-state index contributed by atoms with van der Waals surface area (Å²) in [4.78, 5) is 12.5. The van der Waals surface area contributed by atoms with Crippen LogP contribution in [0.5, 0.6) is 5.75 Å². The zero-order valence-corrected chi connectivity index (χ0v) is 15.7. The molecule has 5 nitrogen and oxygen atoms in total. The Morgan fingerprint density at radius 1 is 1.12 bits per heavy atom. The Balaban J connectivity index is 2.38. The van der Waals surface area contributed by atoms with Gasteiger partial charge in [-0.2, -0.15) is 5.10 Å². The minimum Gasteiger partial charge on any atom is -0.507 e. The fraction of sp³-hybridized carbons (Fsp3) is 0.400. The normalized spacial score (nSPS) is 12.6. The Bertz CT molecular complexity index is 741. The number of phenolic OH excluding ortho intramolecular Hbond substituents is 1. The molecule has 0 aliphatic rings. The van der Waals surface area contributed by atoms with E-state index in [4.69, 9.17) is 4.42 Å². The number of amides is 1. The average Bonchev–Trinajstić information content (AvgIpc) is 2.98. The average molecular weight is 342 g/mol. The lowest BCUT2D eigenvalue weighted by Gasteiger charge is -2.28. The van der Waals surface area contributed by atoms with Gasteiger partial charge in [0.2, 0.25) is 0 Å². The summed E-state index contributed by atoms with van der Waals surface area (Å²) in [6.07, 6.45) is 2.97. The van der Waals surface area contributed by atoms with Gasteiger partial charge in [0.15, 0.2) is 0 Å². The lowest BCUT2D eigenvalue weighted by Crippen LogP contribution is -2.22. The molecule has 1 aromatic heterocycles. The molecule has 1 heterocycles. The first-order chi connectivity index (χ1) is 11.5. The van der Waals surface area contributed by atoms with Crippen LogP contribution in [0.2, 0.25) is 0 Å². The molecule has 0 saturated carbocycles. The number of phenols is 1. The van der Waals surface area contributed by atoms with Crippen LogP contribution in [0.4, 0.5) is 0 Å². The molecule has 2 aromatic rings. The maximum Gasteiger partial charge on any atom is 0.271 e. The zero-order chi connectivity index (χ0) is 18.8. The van der Waals surface area contributed by atoms with E-state index >= 15 is 0 Å². The summed E-state index contributed by atoms with van der Waals surface area (Å²) in [7, 11) is 0. The van der Waals surface area contributed by atoms with Crippen molar-refractivity contribution in [3.05, 3.63) is 53.0 Å². The largest absolute Gasteiger partial charge is 0.507 e. The molecule has 0 saturated heterocycles. The molecular weight excluding hydrogens is 316 g/mol. The maximum atomic E-state index is 12.5. The highest BCUT2D eigenvalue weighted by Crippen LogP contribution is 2.39. The third-order valence-corrected chi connectivity index (χ3v) is 3.89. The van der Waals surface area contributed by atoms with Crippen molar-refractivity contribution in [2.24, 2.45) is 5.10 Å². The maximum absolute atomic E-state index is 12.5. The third kappa shape index (κ3) is 4.50. The van der Waals surface area contributed by atoms with E-state index in [0.717, 1.165) is 11.1 Å². The standard InChI is InChI=1S/C20H26N2O3/c1-19(2,3)15-10-13(11-16(17(15)23)20(4,5)6)18(24)22-21-12-14-8-7-9-25-14/h7-12,23H,1-6H3,(H,22,24). The molecule has 25 heavy (non-hydrogen) atoms. The van der Waals surface area contributed by atoms with Crippen molar-refractivity contribution >= 4 is 12.1 Å². The number of hydrogen-bond acceptors (Lipinski definition) is 4. The van der Waals surface area contributed by atoms with Crippen LogP contribution in [0.1, 0.15) is 68.8 Å². The van der Waals surface area contributed by atoms with Gasteiger partial charge in [0.1, 0.15) is 11.5 Å². The Hall–Kier alpha value is -2.56. The number of carbonyl (C=O) groups excluding carboxylic acids is 1. The Kier molecular flexibility index (Phi) is 5.07. The highest BCUT2D eigenvalue weighted by molar-refractivity contribution is 5.95. The van der Waals surface area contributed by atoms with Crippen LogP contribution in [0, 0.1) is 0 Å². The SMILES string of the molecule is CC(C)(C)c1cc(C(=O)NN=Cc2ccco2)cc(C(C)(C)C)c1O. The molecule has 2 rings (SSSR count). The monoisotopic (exact) mass is 342 g/mol. The van der Waals surface area contributed by atoms with Crippen molar-refractivity contribution in [1.29, 1.82) is 0 Å². The molecule has 0 aliphatic heterocycles. The Morgan fingerprint density at radius 2 is 1.68 bits per heavy atom. The molecule has 5 heteroatoms. The highest BCUT2D eigenvalue weighted by atomic mass is 16.3. The molecule has 0 aliphatic carbocycles. The number of benzene rings is 1. The number of nitrogens with zero attached hydrogens (tertiary/aromatic N) is 1. The molecule has 1 aromatic carbocycles. The molecule has 1 amide bonds. The summed E-state index contributed by atoms with van der Waals surface area (Å²) in [5.41, 5.74) is 3.85. The van der Waals surface area contributed by atoms with Gasteiger partial charge < -0.3 is 9.52 Å². The van der Waals surface area contributed by atoms with Crippen LogP contribution in [0.15, 0.2) is 40.0 Å². The first-order valence-corrected chi connectivity index (χ1v) is 8.25. The Morgan fingerprint density at radius 3 is 2.12 bits per heavy atom. The molecule has 0 bridgehead atoms. The van der Waals surface area contributed by atoms with Gasteiger partial charge in [0, 0.05) is 16.7 Å². The van der Waals surface area contributed by atoms with Crippen molar-refractivity contribution in [2.75, 3.05) is 0 Å². The van der Waals surface area contributed by atoms with Gasteiger partial charge in [-0.1, -0.05) is 41.5 Å². The van der Waals surface area contributed by atoms with Gasteiger partial charge in [-0.3, -0.25) is 4.79 Å². The topological polar surface area (TPSA) is 74.8 Å². The van der Waals surface area contributed by atoms with Crippen LogP contribution in [0.3, 0.4) is 0 Å². The van der Waals surface area contributed by atoms with Crippen molar-refractivity contribution in [2.45, 2.75) is 52.4 Å². The van der Waals surface area contributed by atoms with E-state index in [1.54, 1.807) is 24.3 Å². The summed E-state index contributed by atoms with van der Waals surface area (Å²) >= 11 is 0. The van der Waals surface area contributed by atoms with Crippen molar-refractivity contribution < 1.29 is 14.3 Å². The van der Waals surface area contributed by atoms with Crippen LogP contribution in [-0.4, -0.2) is 17.2 Å². The first kappa shape index (κ1) is 18.8. The van der Waals surface area contributed by atoms with Crippen LogP contribution in [-0.2, 0) is 10.8 Å². The van der Waals surface area contributed by atoms with Gasteiger partial charge in [-0.05, 0) is 35.1 Å². The molecule has 0 unspecified atom stereocenters. The first-order valence-electron chi connectivity index (χ1n) is 8.25. The van der Waals surface area contributed by atoms with Crippen molar-refractivity contribution in [1.82, 2.24) is 5.43 Å². The zero-order valence-electron chi connectivity index (χ0n) is 15.7. The molecule has 134 valence electrons. The van der Waals surface area contributed by atoms with Crippen LogP contribution >= 0.6 is 0 Å². The molecule has 0 fully saturated rings. The smallest absolute Gasteiger partial charge is 0.271 e. The molecule has 0 spiro atoms. The Labute approximate surface area is 148 Å². The number of rotatable bonds is 3.